The molecule has 1 heterocycles. The zero-order chi connectivity index (χ0) is 18.0. The number of nitrogens with zero attached hydrogens (tertiary/aromatic N) is 1. The van der Waals surface area contributed by atoms with Crippen molar-refractivity contribution < 1.29 is 23.1 Å². The van der Waals surface area contributed by atoms with Gasteiger partial charge < -0.3 is 10.0 Å². The van der Waals surface area contributed by atoms with E-state index in [1.807, 2.05) is 0 Å². The van der Waals surface area contributed by atoms with Crippen molar-refractivity contribution in [2.24, 2.45) is 5.92 Å². The second-order valence-electron chi connectivity index (χ2n) is 6.20. The molecule has 1 N–H and O–H groups in total. The highest BCUT2D eigenvalue weighted by Crippen LogP contribution is 2.37. The van der Waals surface area contributed by atoms with Crippen LogP contribution in [-0.4, -0.2) is 28.6 Å². The van der Waals surface area contributed by atoms with Crippen molar-refractivity contribution in [2.45, 2.75) is 24.7 Å². The number of β-amino-alcohol motifs (C(OH)–C–C–N with tert-alkyl or cyclic N) is 1. The van der Waals surface area contributed by atoms with Crippen LogP contribution in [0.1, 0.15) is 23.6 Å². The van der Waals surface area contributed by atoms with Crippen LogP contribution >= 0.6 is 0 Å². The fraction of sp³-hybridized carbons (Fsp3) is 0.316. The maximum absolute atomic E-state index is 13.0. The topological polar surface area (TPSA) is 40.5 Å². The molecule has 1 aromatic rings. The fourth-order valence-electron chi connectivity index (χ4n) is 3.21. The number of alkyl halides is 3. The third-order valence-electron chi connectivity index (χ3n) is 4.42. The smallest absolute Gasteiger partial charge is 0.391 e. The zero-order valence-corrected chi connectivity index (χ0v) is 13.4. The molecular weight excluding hydrogens is 331 g/mol. The summed E-state index contributed by atoms with van der Waals surface area (Å²) in [5, 5.41) is 10.00. The minimum atomic E-state index is -4.44. The molecule has 1 amide bonds. The molecular formula is C19H18F3NO2. The summed E-state index contributed by atoms with van der Waals surface area (Å²) in [5.74, 6) is -0.719. The molecule has 6 heteroatoms. The Kier molecular flexibility index (Phi) is 4.81. The van der Waals surface area contributed by atoms with Crippen LogP contribution < -0.4 is 0 Å². The van der Waals surface area contributed by atoms with Crippen LogP contribution in [-0.2, 0) is 11.0 Å². The fourth-order valence-corrected chi connectivity index (χ4v) is 3.21. The minimum Gasteiger partial charge on any atom is -0.391 e. The van der Waals surface area contributed by atoms with E-state index in [1.54, 1.807) is 42.5 Å². The minimum absolute atomic E-state index is 0.116. The number of aliphatic hydroxyl groups excluding tert-OH is 1. The van der Waals surface area contributed by atoms with Crippen molar-refractivity contribution in [3.8, 4) is 0 Å². The van der Waals surface area contributed by atoms with Crippen LogP contribution in [0.4, 0.5) is 13.2 Å². The van der Waals surface area contributed by atoms with Crippen LogP contribution in [0.5, 0.6) is 0 Å². The normalized spacial score (nSPS) is 23.9. The van der Waals surface area contributed by atoms with Gasteiger partial charge in [-0.3, -0.25) is 4.79 Å². The lowest BCUT2D eigenvalue weighted by Crippen LogP contribution is -2.35. The second kappa shape index (κ2) is 6.88. The number of halogens is 3. The van der Waals surface area contributed by atoms with Crippen LogP contribution in [0.25, 0.3) is 0 Å². The monoisotopic (exact) mass is 349 g/mol. The maximum Gasteiger partial charge on any atom is 0.416 e. The first-order valence-electron chi connectivity index (χ1n) is 8.03. The van der Waals surface area contributed by atoms with Gasteiger partial charge in [0.15, 0.2) is 0 Å². The molecule has 25 heavy (non-hydrogen) atoms. The third kappa shape index (κ3) is 3.85. The van der Waals surface area contributed by atoms with Gasteiger partial charge >= 0.3 is 6.18 Å². The predicted octanol–water partition coefficient (Wildman–Crippen LogP) is 3.64. The van der Waals surface area contributed by atoms with E-state index in [1.165, 1.54) is 11.0 Å². The number of carbonyl (C=O) groups excluding carboxylic acids is 1. The first kappa shape index (κ1) is 17.5. The Hall–Kier alpha value is -2.34. The summed E-state index contributed by atoms with van der Waals surface area (Å²) in [5.41, 5.74) is -0.364. The van der Waals surface area contributed by atoms with Crippen molar-refractivity contribution >= 4 is 5.91 Å². The molecule has 132 valence electrons. The molecule has 0 radical (unpaired) electrons. The van der Waals surface area contributed by atoms with Crippen LogP contribution in [0.15, 0.2) is 60.7 Å². The molecule has 0 aromatic heterocycles. The number of likely N-dealkylation sites (tertiary alicyclic amines) is 1. The number of hydrogen-bond donors (Lipinski definition) is 1. The molecule has 1 aromatic carbocycles. The molecule has 0 bridgehead atoms. The van der Waals surface area contributed by atoms with Gasteiger partial charge in [0, 0.05) is 6.54 Å². The first-order valence-corrected chi connectivity index (χ1v) is 8.03. The molecule has 3 nitrogen and oxygen atoms in total. The molecule has 2 atom stereocenters. The lowest BCUT2D eigenvalue weighted by Gasteiger charge is -2.27. The van der Waals surface area contributed by atoms with Crippen molar-refractivity contribution in [3.05, 3.63) is 71.8 Å². The number of hydrogen-bond acceptors (Lipinski definition) is 2. The Bertz CT molecular complexity index is 720. The molecule has 1 saturated heterocycles. The number of amides is 1. The van der Waals surface area contributed by atoms with Crippen LogP contribution in [0, 0.1) is 5.92 Å². The number of aliphatic hydroxyl groups is 1. The van der Waals surface area contributed by atoms with Gasteiger partial charge in [-0.05, 0) is 24.1 Å². The van der Waals surface area contributed by atoms with E-state index in [0.29, 0.717) is 5.56 Å². The molecule has 1 aliphatic carbocycles. The van der Waals surface area contributed by atoms with Crippen LogP contribution in [0.2, 0.25) is 0 Å². The van der Waals surface area contributed by atoms with Gasteiger partial charge in [0.2, 0.25) is 5.91 Å². The lowest BCUT2D eigenvalue weighted by molar-refractivity contribution is -0.137. The Morgan fingerprint density at radius 2 is 1.80 bits per heavy atom. The Balaban J connectivity index is 1.88. The van der Waals surface area contributed by atoms with Crippen molar-refractivity contribution in [1.29, 1.82) is 0 Å². The highest BCUT2D eigenvalue weighted by molar-refractivity contribution is 5.83. The summed E-state index contributed by atoms with van der Waals surface area (Å²) in [7, 11) is 0. The second-order valence-corrected chi connectivity index (χ2v) is 6.20. The van der Waals surface area contributed by atoms with Crippen molar-refractivity contribution in [3.63, 3.8) is 0 Å². The molecule has 1 fully saturated rings. The zero-order valence-electron chi connectivity index (χ0n) is 13.4. The lowest BCUT2D eigenvalue weighted by atomic mass is 9.99. The summed E-state index contributed by atoms with van der Waals surface area (Å²) >= 11 is 0. The SMILES string of the molecule is O=C(C1C=CC=CC=C1)N1C[C@H](O)C[C@H]1c1cccc(C(F)(F)F)c1. The summed E-state index contributed by atoms with van der Waals surface area (Å²) in [6.45, 7) is 0.116. The summed E-state index contributed by atoms with van der Waals surface area (Å²) in [6, 6.07) is 4.40. The average molecular weight is 349 g/mol. The van der Waals surface area contributed by atoms with E-state index in [-0.39, 0.29) is 18.9 Å². The van der Waals surface area contributed by atoms with Crippen LogP contribution in [0.3, 0.4) is 0 Å². The average Bonchev–Trinajstić information content (AvgIpc) is 2.79. The Labute approximate surface area is 143 Å². The molecule has 0 spiro atoms. The summed E-state index contributed by atoms with van der Waals surface area (Å²) < 4.78 is 38.9. The highest BCUT2D eigenvalue weighted by Gasteiger charge is 2.38. The van der Waals surface area contributed by atoms with E-state index < -0.39 is 29.8 Å². The van der Waals surface area contributed by atoms with Gasteiger partial charge in [-0.15, -0.1) is 0 Å². The molecule has 2 aliphatic rings. The van der Waals surface area contributed by atoms with E-state index in [9.17, 15) is 23.1 Å². The Morgan fingerprint density at radius 3 is 2.44 bits per heavy atom. The number of carbonyl (C=O) groups is 1. The van der Waals surface area contributed by atoms with Gasteiger partial charge in [0.05, 0.1) is 23.6 Å². The van der Waals surface area contributed by atoms with E-state index >= 15 is 0 Å². The number of rotatable bonds is 2. The molecule has 1 aliphatic heterocycles. The van der Waals surface area contributed by atoms with E-state index in [2.05, 4.69) is 0 Å². The van der Waals surface area contributed by atoms with Gasteiger partial charge in [0.1, 0.15) is 0 Å². The van der Waals surface area contributed by atoms with Crippen molar-refractivity contribution in [1.82, 2.24) is 4.90 Å². The number of allylic oxidation sites excluding steroid dienone is 4. The van der Waals surface area contributed by atoms with Crippen molar-refractivity contribution in [2.75, 3.05) is 6.54 Å². The Morgan fingerprint density at radius 1 is 1.12 bits per heavy atom. The molecule has 0 unspecified atom stereocenters. The van der Waals surface area contributed by atoms with Gasteiger partial charge in [-0.2, -0.15) is 13.2 Å². The number of benzene rings is 1. The molecule has 3 rings (SSSR count). The van der Waals surface area contributed by atoms with E-state index in [4.69, 9.17) is 0 Å². The van der Waals surface area contributed by atoms with Gasteiger partial charge in [-0.25, -0.2) is 0 Å². The first-order chi connectivity index (χ1) is 11.9. The standard InChI is InChI=1S/C19H18F3NO2/c20-19(21,22)15-9-5-8-14(10-15)17-11-16(24)12-23(17)18(25)13-6-3-1-2-4-7-13/h1-10,13,16-17,24H,11-12H2/t16-,17+/m1/s1. The highest BCUT2D eigenvalue weighted by atomic mass is 19.4. The van der Waals surface area contributed by atoms with Gasteiger partial charge in [-0.1, -0.05) is 48.6 Å². The third-order valence-corrected chi connectivity index (χ3v) is 4.42. The predicted molar refractivity (Wildman–Crippen MR) is 87.4 cm³/mol. The van der Waals surface area contributed by atoms with E-state index in [0.717, 1.165) is 12.1 Å². The maximum atomic E-state index is 13.0. The quantitative estimate of drug-likeness (QED) is 0.886. The molecule has 0 saturated carbocycles. The summed E-state index contributed by atoms with van der Waals surface area (Å²) in [4.78, 5) is 14.3. The summed E-state index contributed by atoms with van der Waals surface area (Å²) in [6.07, 6.45) is 5.61. The largest absolute Gasteiger partial charge is 0.416 e. The van der Waals surface area contributed by atoms with Gasteiger partial charge in [0.25, 0.3) is 0 Å².